The molecule has 17 heavy (non-hydrogen) atoms. The van der Waals surface area contributed by atoms with Gasteiger partial charge in [-0.25, -0.2) is 0 Å². The molecule has 0 nitrogen and oxygen atoms in total. The SMILES string of the molecule is CCC(CC)(CS)CSCc1cccc(C)c1. The zero-order chi connectivity index (χ0) is 12.7. The zero-order valence-electron chi connectivity index (χ0n) is 11.2. The van der Waals surface area contributed by atoms with Crippen LogP contribution in [0, 0.1) is 12.3 Å². The Morgan fingerprint density at radius 1 is 1.24 bits per heavy atom. The second-order valence-corrected chi connectivity index (χ2v) is 6.15. The maximum absolute atomic E-state index is 4.52. The fourth-order valence-electron chi connectivity index (χ4n) is 1.91. The number of thiol groups is 1. The van der Waals surface area contributed by atoms with E-state index in [1.807, 2.05) is 11.8 Å². The third kappa shape index (κ3) is 4.59. The van der Waals surface area contributed by atoms with Crippen molar-refractivity contribution < 1.29 is 0 Å². The molecule has 0 aliphatic rings. The van der Waals surface area contributed by atoms with Crippen molar-refractivity contribution in [3.8, 4) is 0 Å². The molecule has 1 aromatic carbocycles. The quantitative estimate of drug-likeness (QED) is 0.682. The van der Waals surface area contributed by atoms with Gasteiger partial charge in [-0.15, -0.1) is 0 Å². The lowest BCUT2D eigenvalue weighted by Gasteiger charge is -2.29. The molecule has 1 rings (SSSR count). The van der Waals surface area contributed by atoms with Crippen molar-refractivity contribution in [1.29, 1.82) is 0 Å². The number of rotatable bonds is 7. The van der Waals surface area contributed by atoms with E-state index < -0.39 is 0 Å². The molecule has 1 aromatic rings. The van der Waals surface area contributed by atoms with Gasteiger partial charge in [0.2, 0.25) is 0 Å². The zero-order valence-corrected chi connectivity index (χ0v) is 12.9. The minimum Gasteiger partial charge on any atom is -0.179 e. The summed E-state index contributed by atoms with van der Waals surface area (Å²) < 4.78 is 0. The van der Waals surface area contributed by atoms with Crippen molar-refractivity contribution in [2.24, 2.45) is 5.41 Å². The maximum Gasteiger partial charge on any atom is 0.0184 e. The summed E-state index contributed by atoms with van der Waals surface area (Å²) in [6.07, 6.45) is 2.46. The first kappa shape index (κ1) is 15.0. The molecule has 0 aliphatic carbocycles. The first-order valence-corrected chi connectivity index (χ1v) is 8.18. The van der Waals surface area contributed by atoms with E-state index in [4.69, 9.17) is 0 Å². The van der Waals surface area contributed by atoms with Gasteiger partial charge >= 0.3 is 0 Å². The van der Waals surface area contributed by atoms with E-state index in [0.717, 1.165) is 11.5 Å². The van der Waals surface area contributed by atoms with Gasteiger partial charge in [-0.1, -0.05) is 43.7 Å². The summed E-state index contributed by atoms with van der Waals surface area (Å²) in [6.45, 7) is 6.73. The first-order valence-electron chi connectivity index (χ1n) is 6.40. The normalized spacial score (nSPS) is 11.8. The number of benzene rings is 1. The molecule has 0 atom stereocenters. The lowest BCUT2D eigenvalue weighted by Crippen LogP contribution is -2.24. The van der Waals surface area contributed by atoms with Crippen LogP contribution in [0.25, 0.3) is 0 Å². The summed E-state index contributed by atoms with van der Waals surface area (Å²) in [5.41, 5.74) is 3.22. The molecule has 2 heteroatoms. The fourth-order valence-corrected chi connectivity index (χ4v) is 4.08. The molecule has 96 valence electrons. The van der Waals surface area contributed by atoms with Crippen molar-refractivity contribution >= 4 is 24.4 Å². The van der Waals surface area contributed by atoms with Crippen LogP contribution in [0.15, 0.2) is 24.3 Å². The van der Waals surface area contributed by atoms with Gasteiger partial charge < -0.3 is 0 Å². The van der Waals surface area contributed by atoms with E-state index in [-0.39, 0.29) is 0 Å². The predicted octanol–water partition coefficient (Wildman–Crippen LogP) is 4.96. The van der Waals surface area contributed by atoms with E-state index in [1.54, 1.807) is 0 Å². The van der Waals surface area contributed by atoms with Crippen LogP contribution in [0.3, 0.4) is 0 Å². The summed E-state index contributed by atoms with van der Waals surface area (Å²) in [5.74, 6) is 3.34. The van der Waals surface area contributed by atoms with Crippen molar-refractivity contribution in [3.63, 3.8) is 0 Å². The predicted molar refractivity (Wildman–Crippen MR) is 84.2 cm³/mol. The Kier molecular flexibility index (Phi) is 6.50. The van der Waals surface area contributed by atoms with Crippen molar-refractivity contribution in [2.45, 2.75) is 39.4 Å². The van der Waals surface area contributed by atoms with E-state index in [2.05, 4.69) is 57.7 Å². The highest BCUT2D eigenvalue weighted by Crippen LogP contribution is 2.33. The maximum atomic E-state index is 4.52. The van der Waals surface area contributed by atoms with Gasteiger partial charge in [-0.3, -0.25) is 0 Å². The summed E-state index contributed by atoms with van der Waals surface area (Å²) in [7, 11) is 0. The van der Waals surface area contributed by atoms with Gasteiger partial charge in [0.1, 0.15) is 0 Å². The molecule has 0 amide bonds. The highest BCUT2D eigenvalue weighted by Gasteiger charge is 2.23. The average molecular weight is 268 g/mol. The van der Waals surface area contributed by atoms with E-state index >= 15 is 0 Å². The summed E-state index contributed by atoms with van der Waals surface area (Å²) >= 11 is 6.57. The highest BCUT2D eigenvalue weighted by atomic mass is 32.2. The smallest absolute Gasteiger partial charge is 0.0184 e. The van der Waals surface area contributed by atoms with Crippen LogP contribution in [0.4, 0.5) is 0 Å². The molecule has 0 spiro atoms. The van der Waals surface area contributed by atoms with E-state index in [0.29, 0.717) is 5.41 Å². The number of hydrogen-bond acceptors (Lipinski definition) is 2. The Labute approximate surface area is 116 Å². The molecule has 0 saturated heterocycles. The van der Waals surface area contributed by atoms with Gasteiger partial charge in [0.25, 0.3) is 0 Å². The molecule has 0 bridgehead atoms. The highest BCUT2D eigenvalue weighted by molar-refractivity contribution is 7.98. The van der Waals surface area contributed by atoms with Crippen LogP contribution in [-0.4, -0.2) is 11.5 Å². The third-order valence-corrected chi connectivity index (χ3v) is 5.62. The van der Waals surface area contributed by atoms with Crippen molar-refractivity contribution in [1.82, 2.24) is 0 Å². The Hall–Kier alpha value is -0.0800. The first-order chi connectivity index (χ1) is 8.15. The van der Waals surface area contributed by atoms with E-state index in [1.165, 1.54) is 29.7 Å². The lowest BCUT2D eigenvalue weighted by atomic mass is 9.87. The van der Waals surface area contributed by atoms with Gasteiger partial charge in [0.15, 0.2) is 0 Å². The van der Waals surface area contributed by atoms with Crippen LogP contribution in [0.2, 0.25) is 0 Å². The number of aryl methyl sites for hydroxylation is 1. The number of thioether (sulfide) groups is 1. The monoisotopic (exact) mass is 268 g/mol. The molecule has 0 heterocycles. The molecule has 0 N–H and O–H groups in total. The van der Waals surface area contributed by atoms with Gasteiger partial charge in [0.05, 0.1) is 0 Å². The summed E-state index contributed by atoms with van der Waals surface area (Å²) in [4.78, 5) is 0. The molecule has 0 radical (unpaired) electrons. The topological polar surface area (TPSA) is 0 Å². The Morgan fingerprint density at radius 2 is 1.94 bits per heavy atom. The van der Waals surface area contributed by atoms with Crippen molar-refractivity contribution in [3.05, 3.63) is 35.4 Å². The molecular formula is C15H24S2. The van der Waals surface area contributed by atoms with Crippen LogP contribution in [0.1, 0.15) is 37.8 Å². The van der Waals surface area contributed by atoms with Crippen LogP contribution >= 0.6 is 24.4 Å². The fraction of sp³-hybridized carbons (Fsp3) is 0.600. The van der Waals surface area contributed by atoms with Crippen molar-refractivity contribution in [2.75, 3.05) is 11.5 Å². The molecule has 0 aromatic heterocycles. The molecule has 0 saturated carbocycles. The average Bonchev–Trinajstić information content (AvgIpc) is 2.35. The van der Waals surface area contributed by atoms with Gasteiger partial charge in [-0.2, -0.15) is 24.4 Å². The lowest BCUT2D eigenvalue weighted by molar-refractivity contribution is 0.357. The second kappa shape index (κ2) is 7.38. The van der Waals surface area contributed by atoms with Crippen LogP contribution in [-0.2, 0) is 5.75 Å². The Bertz CT molecular complexity index is 321. The Morgan fingerprint density at radius 3 is 2.47 bits per heavy atom. The Balaban J connectivity index is 2.46. The standard InChI is InChI=1S/C15H24S2/c1-4-15(5-2,11-16)12-17-10-14-8-6-7-13(3)9-14/h6-9,16H,4-5,10-12H2,1-3H3. The summed E-state index contributed by atoms with van der Waals surface area (Å²) in [6, 6.07) is 8.81. The van der Waals surface area contributed by atoms with Gasteiger partial charge in [-0.05, 0) is 36.5 Å². The molecule has 0 unspecified atom stereocenters. The minimum atomic E-state index is 0.428. The summed E-state index contributed by atoms with van der Waals surface area (Å²) in [5, 5.41) is 0. The van der Waals surface area contributed by atoms with Gasteiger partial charge in [0, 0.05) is 11.5 Å². The molecule has 0 fully saturated rings. The molecular weight excluding hydrogens is 244 g/mol. The largest absolute Gasteiger partial charge is 0.179 e. The van der Waals surface area contributed by atoms with Crippen LogP contribution < -0.4 is 0 Å². The van der Waals surface area contributed by atoms with Crippen LogP contribution in [0.5, 0.6) is 0 Å². The second-order valence-electron chi connectivity index (χ2n) is 4.85. The molecule has 0 aliphatic heterocycles. The van der Waals surface area contributed by atoms with E-state index in [9.17, 15) is 0 Å². The third-order valence-electron chi connectivity index (χ3n) is 3.59. The minimum absolute atomic E-state index is 0.428. The number of hydrogen-bond donors (Lipinski definition) is 1.